The summed E-state index contributed by atoms with van der Waals surface area (Å²) in [6.45, 7) is 3.32. The molecule has 0 aliphatic carbocycles. The van der Waals surface area contributed by atoms with Gasteiger partial charge in [0, 0.05) is 12.0 Å². The fraction of sp³-hybridized carbons (Fsp3) is 0.500. The van der Waals surface area contributed by atoms with E-state index in [1.165, 1.54) is 11.3 Å². The maximum atomic E-state index is 10.3. The van der Waals surface area contributed by atoms with Crippen LogP contribution < -0.4 is 0 Å². The van der Waals surface area contributed by atoms with E-state index in [4.69, 9.17) is 4.74 Å². The minimum atomic E-state index is 0.495. The lowest BCUT2D eigenvalue weighted by molar-refractivity contribution is 0.111. The minimum Gasteiger partial charge on any atom is -0.374 e. The lowest BCUT2D eigenvalue weighted by Crippen LogP contribution is -1.93. The molecule has 0 saturated heterocycles. The van der Waals surface area contributed by atoms with E-state index in [-0.39, 0.29) is 0 Å². The van der Waals surface area contributed by atoms with Gasteiger partial charge in [0.1, 0.15) is 10.7 Å². The Morgan fingerprint density at radius 3 is 3.17 bits per heavy atom. The summed E-state index contributed by atoms with van der Waals surface area (Å²) >= 11 is 1.46. The first kappa shape index (κ1) is 9.35. The van der Waals surface area contributed by atoms with Gasteiger partial charge in [-0.3, -0.25) is 4.79 Å². The van der Waals surface area contributed by atoms with Crippen molar-refractivity contribution in [2.45, 2.75) is 20.0 Å². The second kappa shape index (κ2) is 5.00. The topological polar surface area (TPSA) is 39.2 Å². The zero-order valence-corrected chi connectivity index (χ0v) is 7.76. The maximum Gasteiger partial charge on any atom is 0.169 e. The summed E-state index contributed by atoms with van der Waals surface area (Å²) in [6, 6.07) is 0. The highest BCUT2D eigenvalue weighted by molar-refractivity contribution is 7.09. The number of nitrogens with zero attached hydrogens (tertiary/aromatic N) is 1. The molecule has 0 saturated carbocycles. The van der Waals surface area contributed by atoms with Crippen LogP contribution in [0.5, 0.6) is 0 Å². The van der Waals surface area contributed by atoms with Crippen LogP contribution in [-0.4, -0.2) is 17.9 Å². The van der Waals surface area contributed by atoms with Crippen molar-refractivity contribution >= 4 is 17.6 Å². The molecule has 0 aliphatic rings. The second-order valence-corrected chi connectivity index (χ2v) is 3.28. The highest BCUT2D eigenvalue weighted by Crippen LogP contribution is 2.09. The zero-order chi connectivity index (χ0) is 8.81. The van der Waals surface area contributed by atoms with Gasteiger partial charge >= 0.3 is 0 Å². The normalized spacial score (nSPS) is 10.1. The molecule has 66 valence electrons. The number of carbonyl (C=O) groups excluding carboxylic acids is 1. The lowest BCUT2D eigenvalue weighted by atomic mass is 10.5. The molecule has 4 heteroatoms. The fourth-order valence-electron chi connectivity index (χ4n) is 0.749. The standard InChI is InChI=1S/C8H11NO2S/c1-2-3-11-5-8-9-7(4-10)6-12-8/h4,6H,2-3,5H2,1H3. The van der Waals surface area contributed by atoms with Crippen LogP contribution in [0.15, 0.2) is 5.38 Å². The number of hydrogen-bond acceptors (Lipinski definition) is 4. The highest BCUT2D eigenvalue weighted by Gasteiger charge is 1.99. The van der Waals surface area contributed by atoms with Crippen LogP contribution in [0.3, 0.4) is 0 Å². The van der Waals surface area contributed by atoms with E-state index in [9.17, 15) is 4.79 Å². The van der Waals surface area contributed by atoms with Crippen LogP contribution in [0.2, 0.25) is 0 Å². The molecule has 0 N–H and O–H groups in total. The molecule has 12 heavy (non-hydrogen) atoms. The molecule has 0 aromatic carbocycles. The van der Waals surface area contributed by atoms with Crippen LogP contribution in [-0.2, 0) is 11.3 Å². The van der Waals surface area contributed by atoms with E-state index in [1.54, 1.807) is 5.38 Å². The maximum absolute atomic E-state index is 10.3. The van der Waals surface area contributed by atoms with E-state index in [0.717, 1.165) is 24.3 Å². The van der Waals surface area contributed by atoms with Crippen molar-refractivity contribution in [2.24, 2.45) is 0 Å². The summed E-state index contributed by atoms with van der Waals surface area (Å²) in [6.07, 6.45) is 1.76. The first-order valence-corrected chi connectivity index (χ1v) is 4.72. The van der Waals surface area contributed by atoms with E-state index in [2.05, 4.69) is 11.9 Å². The average Bonchev–Trinajstić information content (AvgIpc) is 2.53. The minimum absolute atomic E-state index is 0.495. The SMILES string of the molecule is CCCOCc1nc(C=O)cs1. The van der Waals surface area contributed by atoms with Crippen LogP contribution in [0.25, 0.3) is 0 Å². The van der Waals surface area contributed by atoms with Gasteiger partial charge in [0.05, 0.1) is 6.61 Å². The number of aromatic nitrogens is 1. The van der Waals surface area contributed by atoms with E-state index < -0.39 is 0 Å². The smallest absolute Gasteiger partial charge is 0.169 e. The summed E-state index contributed by atoms with van der Waals surface area (Å²) < 4.78 is 5.26. The molecule has 1 rings (SSSR count). The second-order valence-electron chi connectivity index (χ2n) is 2.34. The molecule has 3 nitrogen and oxygen atoms in total. The van der Waals surface area contributed by atoms with Crippen molar-refractivity contribution in [1.82, 2.24) is 4.98 Å². The Kier molecular flexibility index (Phi) is 3.90. The van der Waals surface area contributed by atoms with E-state index >= 15 is 0 Å². The first-order valence-electron chi connectivity index (χ1n) is 3.84. The van der Waals surface area contributed by atoms with Crippen LogP contribution in [0, 0.1) is 0 Å². The van der Waals surface area contributed by atoms with Gasteiger partial charge < -0.3 is 4.74 Å². The van der Waals surface area contributed by atoms with Crippen molar-refractivity contribution in [1.29, 1.82) is 0 Å². The predicted molar refractivity (Wildman–Crippen MR) is 47.4 cm³/mol. The van der Waals surface area contributed by atoms with Gasteiger partial charge in [-0.1, -0.05) is 6.92 Å². The molecule has 1 aromatic heterocycles. The molecule has 0 unspecified atom stereocenters. The fourth-order valence-corrected chi connectivity index (χ4v) is 1.42. The molecule has 0 aliphatic heterocycles. The molecule has 0 amide bonds. The zero-order valence-electron chi connectivity index (χ0n) is 6.95. The monoisotopic (exact) mass is 185 g/mol. The van der Waals surface area contributed by atoms with Crippen LogP contribution in [0.1, 0.15) is 28.8 Å². The van der Waals surface area contributed by atoms with Crippen molar-refractivity contribution < 1.29 is 9.53 Å². The Balaban J connectivity index is 2.36. The molecule has 0 spiro atoms. The van der Waals surface area contributed by atoms with Gasteiger partial charge in [-0.2, -0.15) is 0 Å². The molecule has 1 heterocycles. The van der Waals surface area contributed by atoms with Crippen molar-refractivity contribution in [3.05, 3.63) is 16.1 Å². The summed E-state index contributed by atoms with van der Waals surface area (Å²) in [4.78, 5) is 14.3. The van der Waals surface area contributed by atoms with Gasteiger partial charge in [-0.25, -0.2) is 4.98 Å². The third-order valence-electron chi connectivity index (χ3n) is 1.26. The Bertz CT molecular complexity index is 247. The van der Waals surface area contributed by atoms with Gasteiger partial charge in [0.2, 0.25) is 0 Å². The molecule has 0 fully saturated rings. The third-order valence-corrected chi connectivity index (χ3v) is 2.10. The molecule has 0 bridgehead atoms. The van der Waals surface area contributed by atoms with Gasteiger partial charge in [0.25, 0.3) is 0 Å². The number of hydrogen-bond donors (Lipinski definition) is 0. The summed E-state index contributed by atoms with van der Waals surface area (Å²) in [5.41, 5.74) is 0.495. The Morgan fingerprint density at radius 1 is 1.75 bits per heavy atom. The first-order chi connectivity index (χ1) is 5.86. The highest BCUT2D eigenvalue weighted by atomic mass is 32.1. The number of aldehydes is 1. The van der Waals surface area contributed by atoms with Gasteiger partial charge in [-0.05, 0) is 6.42 Å². The number of thiazole rings is 1. The molecule has 0 atom stereocenters. The molecular weight excluding hydrogens is 174 g/mol. The van der Waals surface area contributed by atoms with Gasteiger partial charge in [-0.15, -0.1) is 11.3 Å². The molecule has 0 radical (unpaired) electrons. The molecule has 1 aromatic rings. The summed E-state index contributed by atoms with van der Waals surface area (Å²) in [5, 5.41) is 2.60. The number of carbonyl (C=O) groups is 1. The largest absolute Gasteiger partial charge is 0.374 e. The number of rotatable bonds is 5. The molecular formula is C8H11NO2S. The predicted octanol–water partition coefficient (Wildman–Crippen LogP) is 1.88. The van der Waals surface area contributed by atoms with Gasteiger partial charge in [0.15, 0.2) is 6.29 Å². The van der Waals surface area contributed by atoms with Crippen molar-refractivity contribution in [2.75, 3.05) is 6.61 Å². The van der Waals surface area contributed by atoms with Crippen molar-refractivity contribution in [3.8, 4) is 0 Å². The number of ether oxygens (including phenoxy) is 1. The van der Waals surface area contributed by atoms with E-state index in [0.29, 0.717) is 12.3 Å². The average molecular weight is 185 g/mol. The summed E-state index contributed by atoms with van der Waals surface area (Å²) in [5.74, 6) is 0. The Hall–Kier alpha value is -0.740. The Labute approximate surface area is 75.4 Å². The van der Waals surface area contributed by atoms with Crippen LogP contribution in [0.4, 0.5) is 0 Å². The van der Waals surface area contributed by atoms with Crippen molar-refractivity contribution in [3.63, 3.8) is 0 Å². The summed E-state index contributed by atoms with van der Waals surface area (Å²) in [7, 11) is 0. The lowest BCUT2D eigenvalue weighted by Gasteiger charge is -1.96. The van der Waals surface area contributed by atoms with Crippen LogP contribution >= 0.6 is 11.3 Å². The third kappa shape index (κ3) is 2.71. The Morgan fingerprint density at radius 2 is 2.58 bits per heavy atom. The quantitative estimate of drug-likeness (QED) is 0.519. The van der Waals surface area contributed by atoms with E-state index in [1.807, 2.05) is 0 Å².